The lowest BCUT2D eigenvalue weighted by Gasteiger charge is -2.31. The third kappa shape index (κ3) is 0.961. The first kappa shape index (κ1) is 10.1. The molecule has 2 saturated carbocycles. The van der Waals surface area contributed by atoms with Crippen LogP contribution in [0.4, 0.5) is 0 Å². The van der Waals surface area contributed by atoms with E-state index in [0.717, 1.165) is 0 Å². The van der Waals surface area contributed by atoms with Gasteiger partial charge < -0.3 is 5.73 Å². The lowest BCUT2D eigenvalue weighted by atomic mass is 9.73. The highest BCUT2D eigenvalue weighted by atomic mass is 35.5. The average molecular weight is 188 g/mol. The normalized spacial score (nSPS) is 42.9. The van der Waals surface area contributed by atoms with Gasteiger partial charge in [0.05, 0.1) is 0 Å². The Morgan fingerprint density at radius 2 is 2.00 bits per heavy atom. The predicted octanol–water partition coefficient (Wildman–Crippen LogP) is 2.36. The van der Waals surface area contributed by atoms with Crippen LogP contribution in [-0.2, 0) is 0 Å². The number of halogens is 1. The van der Waals surface area contributed by atoms with Crippen molar-refractivity contribution in [2.75, 3.05) is 0 Å². The van der Waals surface area contributed by atoms with Gasteiger partial charge in [-0.05, 0) is 30.1 Å². The Labute approximate surface area is 80.8 Å². The van der Waals surface area contributed by atoms with Crippen molar-refractivity contribution in [3.05, 3.63) is 12.2 Å². The van der Waals surface area contributed by atoms with Crippen LogP contribution < -0.4 is 5.73 Å². The fourth-order valence-corrected chi connectivity index (χ4v) is 2.99. The Balaban J connectivity index is 0.000000720. The summed E-state index contributed by atoms with van der Waals surface area (Å²) in [6, 6.07) is 0.414. The van der Waals surface area contributed by atoms with E-state index >= 15 is 0 Å². The minimum atomic E-state index is 0. The molecule has 0 radical (unpaired) electrons. The molecule has 2 unspecified atom stereocenters. The summed E-state index contributed by atoms with van der Waals surface area (Å²) in [6.45, 7) is 8.74. The van der Waals surface area contributed by atoms with Gasteiger partial charge in [0.1, 0.15) is 0 Å². The van der Waals surface area contributed by atoms with Crippen molar-refractivity contribution in [2.24, 2.45) is 23.0 Å². The first-order valence-electron chi connectivity index (χ1n) is 4.50. The maximum absolute atomic E-state index is 6.09. The Morgan fingerprint density at radius 3 is 2.25 bits per heavy atom. The van der Waals surface area contributed by atoms with Crippen molar-refractivity contribution in [1.82, 2.24) is 0 Å². The minimum absolute atomic E-state index is 0. The number of fused-ring (bicyclic) bond motifs is 2. The molecule has 2 bridgehead atoms. The predicted molar refractivity (Wildman–Crippen MR) is 54.4 cm³/mol. The molecule has 1 nitrogen and oxygen atoms in total. The molecule has 0 amide bonds. The van der Waals surface area contributed by atoms with Gasteiger partial charge in [0.15, 0.2) is 0 Å². The van der Waals surface area contributed by atoms with Crippen LogP contribution in [0.2, 0.25) is 0 Å². The third-order valence-electron chi connectivity index (χ3n) is 3.92. The fraction of sp³-hybridized carbons (Fsp3) is 0.800. The quantitative estimate of drug-likeness (QED) is 0.579. The average Bonchev–Trinajstić information content (AvgIpc) is 2.34. The van der Waals surface area contributed by atoms with Crippen molar-refractivity contribution in [3.63, 3.8) is 0 Å². The number of nitrogens with two attached hydrogens (primary N) is 1. The zero-order valence-corrected chi connectivity index (χ0v) is 8.66. The number of rotatable bonds is 0. The lowest BCUT2D eigenvalue weighted by molar-refractivity contribution is 0.277. The van der Waals surface area contributed by atoms with Crippen molar-refractivity contribution in [3.8, 4) is 0 Å². The summed E-state index contributed by atoms with van der Waals surface area (Å²) < 4.78 is 0. The van der Waals surface area contributed by atoms with Gasteiger partial charge in [0.25, 0.3) is 0 Å². The number of hydrogen-bond acceptors (Lipinski definition) is 1. The minimum Gasteiger partial charge on any atom is -0.327 e. The van der Waals surface area contributed by atoms with Crippen LogP contribution in [0.15, 0.2) is 12.2 Å². The van der Waals surface area contributed by atoms with Crippen LogP contribution in [-0.4, -0.2) is 6.04 Å². The Bertz CT molecular complexity index is 210. The van der Waals surface area contributed by atoms with E-state index in [1.165, 1.54) is 18.4 Å². The molecular weight excluding hydrogens is 170 g/mol. The molecule has 70 valence electrons. The molecule has 0 aliphatic heterocycles. The second-order valence-corrected chi connectivity index (χ2v) is 4.61. The van der Waals surface area contributed by atoms with E-state index in [1.807, 2.05) is 0 Å². The molecule has 2 fully saturated rings. The topological polar surface area (TPSA) is 26.0 Å². The van der Waals surface area contributed by atoms with Crippen molar-refractivity contribution < 1.29 is 0 Å². The molecule has 0 aromatic carbocycles. The van der Waals surface area contributed by atoms with Gasteiger partial charge in [0.2, 0.25) is 0 Å². The Morgan fingerprint density at radius 1 is 1.42 bits per heavy atom. The van der Waals surface area contributed by atoms with Crippen LogP contribution in [0, 0.1) is 17.3 Å². The van der Waals surface area contributed by atoms with Crippen molar-refractivity contribution >= 4 is 12.4 Å². The van der Waals surface area contributed by atoms with E-state index < -0.39 is 0 Å². The van der Waals surface area contributed by atoms with E-state index in [2.05, 4.69) is 20.4 Å². The smallest absolute Gasteiger partial charge is 0.0141 e. The van der Waals surface area contributed by atoms with E-state index in [4.69, 9.17) is 5.73 Å². The maximum Gasteiger partial charge on any atom is 0.0141 e. The molecule has 0 heterocycles. The number of hydrogen-bond donors (Lipinski definition) is 1. The molecule has 0 aromatic heterocycles. The van der Waals surface area contributed by atoms with Gasteiger partial charge in [-0.3, -0.25) is 0 Å². The molecule has 0 saturated heterocycles. The first-order chi connectivity index (χ1) is 5.05. The van der Waals surface area contributed by atoms with Crippen LogP contribution in [0.5, 0.6) is 0 Å². The lowest BCUT2D eigenvalue weighted by Crippen LogP contribution is -2.29. The summed E-state index contributed by atoms with van der Waals surface area (Å²) in [7, 11) is 0. The van der Waals surface area contributed by atoms with Gasteiger partial charge >= 0.3 is 0 Å². The molecule has 3 atom stereocenters. The van der Waals surface area contributed by atoms with Gasteiger partial charge in [-0.25, -0.2) is 0 Å². The molecule has 2 heteroatoms. The van der Waals surface area contributed by atoms with Gasteiger partial charge in [-0.15, -0.1) is 12.4 Å². The van der Waals surface area contributed by atoms with E-state index in [1.54, 1.807) is 0 Å². The third-order valence-corrected chi connectivity index (χ3v) is 3.92. The van der Waals surface area contributed by atoms with E-state index in [-0.39, 0.29) is 12.4 Å². The largest absolute Gasteiger partial charge is 0.327 e. The first-order valence-corrected chi connectivity index (χ1v) is 4.50. The van der Waals surface area contributed by atoms with Gasteiger partial charge in [-0.1, -0.05) is 26.0 Å². The van der Waals surface area contributed by atoms with Gasteiger partial charge in [0, 0.05) is 6.04 Å². The van der Waals surface area contributed by atoms with Crippen LogP contribution in [0.1, 0.15) is 26.7 Å². The molecule has 2 rings (SSSR count). The van der Waals surface area contributed by atoms with Crippen LogP contribution >= 0.6 is 12.4 Å². The standard InChI is InChI=1S/C10H17N.ClH/c1-6-7-4-5-8(9(7)11)10(6,2)3;/h7-9H,1,4-5,11H2,2-3H3;1H/t7?,8-,9?;/m1./s1. The zero-order valence-electron chi connectivity index (χ0n) is 7.84. The summed E-state index contributed by atoms with van der Waals surface area (Å²) in [5, 5.41) is 0. The van der Waals surface area contributed by atoms with Crippen molar-refractivity contribution in [2.45, 2.75) is 32.7 Å². The summed E-state index contributed by atoms with van der Waals surface area (Å²) in [6.07, 6.45) is 2.60. The van der Waals surface area contributed by atoms with Crippen LogP contribution in [0.3, 0.4) is 0 Å². The molecule has 2 aliphatic rings. The second kappa shape index (κ2) is 2.74. The summed E-state index contributed by atoms with van der Waals surface area (Å²) >= 11 is 0. The SMILES string of the molecule is C=C1C2CC[C@H](C2N)C1(C)C.Cl. The van der Waals surface area contributed by atoms with Crippen LogP contribution in [0.25, 0.3) is 0 Å². The van der Waals surface area contributed by atoms with E-state index in [0.29, 0.717) is 23.3 Å². The summed E-state index contributed by atoms with van der Waals surface area (Å²) in [5.74, 6) is 1.34. The van der Waals surface area contributed by atoms with Gasteiger partial charge in [-0.2, -0.15) is 0 Å². The molecule has 2 aliphatic carbocycles. The highest BCUT2D eigenvalue weighted by Crippen LogP contribution is 2.57. The summed E-state index contributed by atoms with van der Waals surface area (Å²) in [4.78, 5) is 0. The maximum atomic E-state index is 6.09. The molecule has 0 spiro atoms. The molecule has 12 heavy (non-hydrogen) atoms. The zero-order chi connectivity index (χ0) is 8.22. The highest BCUT2D eigenvalue weighted by molar-refractivity contribution is 5.85. The molecule has 0 aromatic rings. The molecular formula is C10H18ClN. The highest BCUT2D eigenvalue weighted by Gasteiger charge is 2.53. The second-order valence-electron chi connectivity index (χ2n) is 4.61. The molecule has 2 N–H and O–H groups in total. The Kier molecular flexibility index (Phi) is 2.30. The van der Waals surface area contributed by atoms with Crippen molar-refractivity contribution in [1.29, 1.82) is 0 Å². The summed E-state index contributed by atoms with van der Waals surface area (Å²) in [5.41, 5.74) is 7.82. The fourth-order valence-electron chi connectivity index (χ4n) is 2.99. The Hall–Kier alpha value is -0.0100. The van der Waals surface area contributed by atoms with E-state index in [9.17, 15) is 0 Å². The monoisotopic (exact) mass is 187 g/mol.